The van der Waals surface area contributed by atoms with Gasteiger partial charge < -0.3 is 4.74 Å². The van der Waals surface area contributed by atoms with Crippen molar-refractivity contribution in [3.8, 4) is 5.75 Å². The third-order valence-electron chi connectivity index (χ3n) is 2.96. The molecular weight excluding hydrogens is 347 g/mol. The third kappa shape index (κ3) is 3.25. The molecule has 0 fully saturated rings. The van der Waals surface area contributed by atoms with Gasteiger partial charge in [0.15, 0.2) is 0 Å². The number of aryl methyl sites for hydroxylation is 1. The van der Waals surface area contributed by atoms with Gasteiger partial charge in [-0.3, -0.25) is 0 Å². The second kappa shape index (κ2) is 6.17. The molecule has 0 saturated carbocycles. The number of alkyl halides is 1. The minimum atomic E-state index is 0.0500. The van der Waals surface area contributed by atoms with E-state index in [-0.39, 0.29) is 4.83 Å². The summed E-state index contributed by atoms with van der Waals surface area (Å²) in [5.74, 6) is 0.673. The molecule has 0 saturated heterocycles. The van der Waals surface area contributed by atoms with Gasteiger partial charge in [-0.15, -0.1) is 0 Å². The standard InChI is InChI=1S/C15H13BrCl2O/c1-9-3-4-10(7-12(9)17)15(16)11-5-6-14(19-2)13(18)8-11/h3-8,15H,1-2H3. The lowest BCUT2D eigenvalue weighted by molar-refractivity contribution is 0.415. The summed E-state index contributed by atoms with van der Waals surface area (Å²) in [4.78, 5) is 0.0500. The van der Waals surface area contributed by atoms with Crippen LogP contribution in [0.15, 0.2) is 36.4 Å². The molecule has 4 heteroatoms. The Balaban J connectivity index is 2.35. The predicted molar refractivity (Wildman–Crippen MR) is 85.0 cm³/mol. The first-order valence-electron chi connectivity index (χ1n) is 5.76. The van der Waals surface area contributed by atoms with Crippen molar-refractivity contribution in [3.63, 3.8) is 0 Å². The number of hydrogen-bond acceptors (Lipinski definition) is 1. The summed E-state index contributed by atoms with van der Waals surface area (Å²) in [6.45, 7) is 1.99. The van der Waals surface area contributed by atoms with Crippen LogP contribution in [0.5, 0.6) is 5.75 Å². The highest BCUT2D eigenvalue weighted by molar-refractivity contribution is 9.09. The van der Waals surface area contributed by atoms with Crippen LogP contribution in [0.1, 0.15) is 21.5 Å². The molecule has 0 aromatic heterocycles. The predicted octanol–water partition coefficient (Wildman–Crippen LogP) is 5.79. The molecule has 2 rings (SSSR count). The Hall–Kier alpha value is -0.700. The Bertz CT molecular complexity index is 599. The van der Waals surface area contributed by atoms with E-state index in [0.29, 0.717) is 10.8 Å². The quantitative estimate of drug-likeness (QED) is 0.629. The minimum absolute atomic E-state index is 0.0500. The number of hydrogen-bond donors (Lipinski definition) is 0. The van der Waals surface area contributed by atoms with Crippen LogP contribution in [0.25, 0.3) is 0 Å². The maximum Gasteiger partial charge on any atom is 0.137 e. The van der Waals surface area contributed by atoms with E-state index in [1.807, 2.05) is 37.3 Å². The Labute approximate surface area is 131 Å². The van der Waals surface area contributed by atoms with Gasteiger partial charge in [-0.1, -0.05) is 57.3 Å². The summed E-state index contributed by atoms with van der Waals surface area (Å²) in [5.41, 5.74) is 3.22. The topological polar surface area (TPSA) is 9.23 Å². The lowest BCUT2D eigenvalue weighted by Crippen LogP contribution is -1.94. The molecule has 100 valence electrons. The highest BCUT2D eigenvalue weighted by Crippen LogP contribution is 2.36. The highest BCUT2D eigenvalue weighted by atomic mass is 79.9. The van der Waals surface area contributed by atoms with Crippen LogP contribution >= 0.6 is 39.1 Å². The zero-order valence-electron chi connectivity index (χ0n) is 10.6. The second-order valence-corrected chi connectivity index (χ2v) is 6.00. The normalized spacial score (nSPS) is 12.3. The SMILES string of the molecule is COc1ccc(C(Br)c2ccc(C)c(Cl)c2)cc1Cl. The number of rotatable bonds is 3. The van der Waals surface area contributed by atoms with Crippen molar-refractivity contribution in [2.75, 3.05) is 7.11 Å². The van der Waals surface area contributed by atoms with Crippen molar-refractivity contribution in [3.05, 3.63) is 63.1 Å². The van der Waals surface area contributed by atoms with Gasteiger partial charge in [0.25, 0.3) is 0 Å². The first-order chi connectivity index (χ1) is 9.02. The largest absolute Gasteiger partial charge is 0.495 e. The molecule has 0 bridgehead atoms. The van der Waals surface area contributed by atoms with Crippen LogP contribution in [0.2, 0.25) is 10.0 Å². The van der Waals surface area contributed by atoms with Crippen LogP contribution in [0.4, 0.5) is 0 Å². The maximum absolute atomic E-state index is 6.16. The van der Waals surface area contributed by atoms with Gasteiger partial charge >= 0.3 is 0 Å². The van der Waals surface area contributed by atoms with Crippen molar-refractivity contribution in [1.29, 1.82) is 0 Å². The fourth-order valence-corrected chi connectivity index (χ4v) is 2.82. The highest BCUT2D eigenvalue weighted by Gasteiger charge is 2.13. The van der Waals surface area contributed by atoms with E-state index in [1.165, 1.54) is 0 Å². The zero-order valence-corrected chi connectivity index (χ0v) is 13.7. The molecule has 1 unspecified atom stereocenters. The number of methoxy groups -OCH3 is 1. The van der Waals surface area contributed by atoms with Crippen molar-refractivity contribution < 1.29 is 4.74 Å². The van der Waals surface area contributed by atoms with E-state index in [1.54, 1.807) is 7.11 Å². The van der Waals surface area contributed by atoms with Gasteiger partial charge in [0.2, 0.25) is 0 Å². The number of benzene rings is 2. The summed E-state index contributed by atoms with van der Waals surface area (Å²) >= 11 is 16.0. The molecule has 0 aliphatic rings. The molecule has 2 aromatic rings. The van der Waals surface area contributed by atoms with Crippen LogP contribution in [-0.2, 0) is 0 Å². The van der Waals surface area contributed by atoms with Crippen LogP contribution in [0.3, 0.4) is 0 Å². The first-order valence-corrected chi connectivity index (χ1v) is 7.43. The van der Waals surface area contributed by atoms with E-state index in [0.717, 1.165) is 21.7 Å². The van der Waals surface area contributed by atoms with E-state index in [9.17, 15) is 0 Å². The summed E-state index contributed by atoms with van der Waals surface area (Å²) in [6.07, 6.45) is 0. The fraction of sp³-hybridized carbons (Fsp3) is 0.200. The third-order valence-corrected chi connectivity index (χ3v) is 4.72. The molecule has 0 aliphatic carbocycles. The molecule has 2 aromatic carbocycles. The van der Waals surface area contributed by atoms with E-state index < -0.39 is 0 Å². The Morgan fingerprint density at radius 1 is 1.00 bits per heavy atom. The summed E-state index contributed by atoms with van der Waals surface area (Å²) in [5, 5.41) is 1.37. The molecule has 0 radical (unpaired) electrons. The Morgan fingerprint density at radius 2 is 1.58 bits per heavy atom. The first kappa shape index (κ1) is 14.7. The minimum Gasteiger partial charge on any atom is -0.495 e. The molecule has 1 atom stereocenters. The van der Waals surface area contributed by atoms with E-state index >= 15 is 0 Å². The average Bonchev–Trinajstić information content (AvgIpc) is 2.41. The van der Waals surface area contributed by atoms with Crippen molar-refractivity contribution in [2.24, 2.45) is 0 Å². The fourth-order valence-electron chi connectivity index (χ4n) is 1.80. The van der Waals surface area contributed by atoms with Gasteiger partial charge in [0.05, 0.1) is 17.0 Å². The van der Waals surface area contributed by atoms with Gasteiger partial charge in [0, 0.05) is 5.02 Å². The molecule has 0 N–H and O–H groups in total. The smallest absolute Gasteiger partial charge is 0.137 e. The molecule has 19 heavy (non-hydrogen) atoms. The van der Waals surface area contributed by atoms with Crippen LogP contribution < -0.4 is 4.74 Å². The monoisotopic (exact) mass is 358 g/mol. The van der Waals surface area contributed by atoms with Crippen LogP contribution in [-0.4, -0.2) is 7.11 Å². The van der Waals surface area contributed by atoms with Gasteiger partial charge in [-0.2, -0.15) is 0 Å². The van der Waals surface area contributed by atoms with E-state index in [2.05, 4.69) is 22.0 Å². The van der Waals surface area contributed by atoms with E-state index in [4.69, 9.17) is 27.9 Å². The Kier molecular flexibility index (Phi) is 4.77. The summed E-state index contributed by atoms with van der Waals surface area (Å²) < 4.78 is 5.15. The zero-order chi connectivity index (χ0) is 14.0. The molecule has 0 spiro atoms. The van der Waals surface area contributed by atoms with Crippen molar-refractivity contribution in [1.82, 2.24) is 0 Å². The van der Waals surface area contributed by atoms with Crippen LogP contribution in [0, 0.1) is 6.92 Å². The van der Waals surface area contributed by atoms with Crippen molar-refractivity contribution >= 4 is 39.1 Å². The van der Waals surface area contributed by atoms with Gasteiger partial charge in [-0.05, 0) is 41.8 Å². The van der Waals surface area contributed by atoms with Gasteiger partial charge in [-0.25, -0.2) is 0 Å². The lowest BCUT2D eigenvalue weighted by atomic mass is 10.0. The molecule has 0 heterocycles. The molecule has 0 aliphatic heterocycles. The molecular formula is C15H13BrCl2O. The molecule has 0 amide bonds. The average molecular weight is 360 g/mol. The Morgan fingerprint density at radius 3 is 2.11 bits per heavy atom. The maximum atomic E-state index is 6.16. The van der Waals surface area contributed by atoms with Gasteiger partial charge in [0.1, 0.15) is 5.75 Å². The molecule has 1 nitrogen and oxygen atoms in total. The summed E-state index contributed by atoms with van der Waals surface area (Å²) in [7, 11) is 1.60. The van der Waals surface area contributed by atoms with Crippen molar-refractivity contribution in [2.45, 2.75) is 11.8 Å². The number of ether oxygens (including phenoxy) is 1. The second-order valence-electron chi connectivity index (χ2n) is 4.27. The number of halogens is 3. The summed E-state index contributed by atoms with van der Waals surface area (Å²) in [6, 6.07) is 11.8. The lowest BCUT2D eigenvalue weighted by Gasteiger charge is -2.13.